The summed E-state index contributed by atoms with van der Waals surface area (Å²) in [5.41, 5.74) is 3.40. The highest BCUT2D eigenvalue weighted by atomic mass is 19.1. The van der Waals surface area contributed by atoms with Crippen LogP contribution in [0, 0.1) is 17.1 Å². The van der Waals surface area contributed by atoms with Crippen molar-refractivity contribution in [2.24, 2.45) is 0 Å². The Labute approximate surface area is 217 Å². The van der Waals surface area contributed by atoms with Gasteiger partial charge in [-0.25, -0.2) is 13.9 Å². The molecule has 8 nitrogen and oxygen atoms in total. The predicted molar refractivity (Wildman–Crippen MR) is 141 cm³/mol. The van der Waals surface area contributed by atoms with Gasteiger partial charge < -0.3 is 4.90 Å². The highest BCUT2D eigenvalue weighted by molar-refractivity contribution is 5.76. The van der Waals surface area contributed by atoms with Gasteiger partial charge in [-0.15, -0.1) is 0 Å². The zero-order chi connectivity index (χ0) is 27.4. The second-order valence-electron chi connectivity index (χ2n) is 11.0. The average Bonchev–Trinajstić information content (AvgIpc) is 3.27. The van der Waals surface area contributed by atoms with Crippen LogP contribution in [0.2, 0.25) is 0 Å². The Balaban J connectivity index is 0.000000222. The van der Waals surface area contributed by atoms with Crippen LogP contribution >= 0.6 is 0 Å². The van der Waals surface area contributed by atoms with Crippen molar-refractivity contribution in [1.82, 2.24) is 24.4 Å². The van der Waals surface area contributed by atoms with Crippen molar-refractivity contribution in [3.8, 4) is 17.3 Å². The number of halogens is 1. The van der Waals surface area contributed by atoms with E-state index in [9.17, 15) is 14.0 Å². The minimum atomic E-state index is -0.285. The fraction of sp³-hybridized carbons (Fsp3) is 0.464. The van der Waals surface area contributed by atoms with Gasteiger partial charge in [-0.1, -0.05) is 20.8 Å². The number of benzene rings is 1. The van der Waals surface area contributed by atoms with E-state index in [0.717, 1.165) is 30.8 Å². The third-order valence-corrected chi connectivity index (χ3v) is 6.63. The molecule has 1 amide bonds. The topological polar surface area (TPSA) is 94.6 Å². The molecule has 0 bridgehead atoms. The van der Waals surface area contributed by atoms with Gasteiger partial charge in [0.25, 0.3) is 0 Å². The zero-order valence-electron chi connectivity index (χ0n) is 22.5. The van der Waals surface area contributed by atoms with Crippen molar-refractivity contribution >= 4 is 17.8 Å². The van der Waals surface area contributed by atoms with E-state index >= 15 is 0 Å². The number of likely N-dealkylation sites (N-methyl/N-ethyl adjacent to an activating group) is 1. The lowest BCUT2D eigenvalue weighted by Gasteiger charge is -2.45. The third-order valence-electron chi connectivity index (χ3n) is 6.63. The summed E-state index contributed by atoms with van der Waals surface area (Å²) < 4.78 is 14.7. The third kappa shape index (κ3) is 6.77. The largest absolute Gasteiger partial charge is 0.340 e. The lowest BCUT2D eigenvalue weighted by molar-refractivity contribution is -0.135. The van der Waals surface area contributed by atoms with Crippen molar-refractivity contribution < 1.29 is 14.0 Å². The van der Waals surface area contributed by atoms with E-state index in [4.69, 9.17) is 5.26 Å². The maximum Gasteiger partial charge on any atom is 0.223 e. The summed E-state index contributed by atoms with van der Waals surface area (Å²) in [7, 11) is 2.08. The number of aldehydes is 1. The van der Waals surface area contributed by atoms with E-state index < -0.39 is 0 Å². The first-order valence-electron chi connectivity index (χ1n) is 12.3. The van der Waals surface area contributed by atoms with E-state index in [0.29, 0.717) is 36.2 Å². The summed E-state index contributed by atoms with van der Waals surface area (Å²) in [4.78, 5) is 31.1. The van der Waals surface area contributed by atoms with Crippen molar-refractivity contribution in [2.75, 3.05) is 26.7 Å². The van der Waals surface area contributed by atoms with Gasteiger partial charge in [-0.2, -0.15) is 10.4 Å². The minimum absolute atomic E-state index is 0.0422. The van der Waals surface area contributed by atoms with E-state index in [2.05, 4.69) is 56.6 Å². The van der Waals surface area contributed by atoms with Gasteiger partial charge in [-0.3, -0.25) is 14.5 Å². The van der Waals surface area contributed by atoms with Gasteiger partial charge >= 0.3 is 0 Å². The van der Waals surface area contributed by atoms with Gasteiger partial charge in [0.2, 0.25) is 5.91 Å². The van der Waals surface area contributed by atoms with Gasteiger partial charge in [0, 0.05) is 49.1 Å². The van der Waals surface area contributed by atoms with E-state index in [-0.39, 0.29) is 22.7 Å². The molecule has 1 saturated heterocycles. The van der Waals surface area contributed by atoms with E-state index in [1.54, 1.807) is 22.8 Å². The van der Waals surface area contributed by atoms with E-state index in [1.165, 1.54) is 12.1 Å². The zero-order valence-corrected chi connectivity index (χ0v) is 22.5. The summed E-state index contributed by atoms with van der Waals surface area (Å²) in [6.45, 7) is 12.9. The first kappa shape index (κ1) is 27.9. The molecule has 0 spiro atoms. The van der Waals surface area contributed by atoms with Crippen LogP contribution in [0.3, 0.4) is 0 Å². The second-order valence-corrected chi connectivity index (χ2v) is 11.0. The van der Waals surface area contributed by atoms with Crippen LogP contribution < -0.4 is 0 Å². The lowest BCUT2D eigenvalue weighted by Crippen LogP contribution is -2.58. The van der Waals surface area contributed by atoms with Crippen LogP contribution in [0.5, 0.6) is 0 Å². The highest BCUT2D eigenvalue weighted by Gasteiger charge is 2.32. The molecule has 3 aromatic rings. The van der Waals surface area contributed by atoms with Crippen molar-refractivity contribution in [3.63, 3.8) is 0 Å². The normalized spacial score (nSPS) is 15.6. The molecule has 0 N–H and O–H groups in total. The van der Waals surface area contributed by atoms with Crippen molar-refractivity contribution in [2.45, 2.75) is 58.4 Å². The fourth-order valence-corrected chi connectivity index (χ4v) is 4.14. The number of rotatable bonds is 4. The molecule has 0 aliphatic carbocycles. The maximum absolute atomic E-state index is 13.1. The van der Waals surface area contributed by atoms with Crippen molar-refractivity contribution in [1.29, 1.82) is 5.26 Å². The van der Waals surface area contributed by atoms with E-state index in [1.807, 2.05) is 17.0 Å². The Bertz CT molecular complexity index is 1300. The summed E-state index contributed by atoms with van der Waals surface area (Å²) in [6, 6.07) is 10.1. The number of hydrogen-bond donors (Lipinski definition) is 0. The number of nitrogens with zero attached hydrogens (tertiary/aromatic N) is 6. The molecule has 1 aromatic carbocycles. The Morgan fingerprint density at radius 1 is 1.22 bits per heavy atom. The molecule has 4 rings (SSSR count). The number of imidazole rings is 1. The lowest BCUT2D eigenvalue weighted by atomic mass is 9.87. The molecule has 0 radical (unpaired) electrons. The molecule has 0 saturated carbocycles. The molecule has 1 aliphatic heterocycles. The fourth-order valence-electron chi connectivity index (χ4n) is 4.14. The monoisotopic (exact) mass is 506 g/mol. The van der Waals surface area contributed by atoms with Crippen molar-refractivity contribution in [3.05, 3.63) is 53.6 Å². The standard InChI is InChI=1S/C17H16FN3O.C11H19N3O/c1-17(2,3)14-8-15(11-4-6-12(18)7-5-11)20-21-9-13(10-22)19-16(14)21;1-11(2)9-14(8-7-13(11)3)10(15)5-4-6-12/h4-10H,1-3H3;4-5,7-9H2,1-3H3. The average molecular weight is 507 g/mol. The molecule has 2 aromatic heterocycles. The number of carbonyl (C=O) groups is 2. The quantitative estimate of drug-likeness (QED) is 0.484. The minimum Gasteiger partial charge on any atom is -0.340 e. The van der Waals surface area contributed by atoms with Crippen LogP contribution in [0.15, 0.2) is 36.5 Å². The predicted octanol–water partition coefficient (Wildman–Crippen LogP) is 4.49. The van der Waals surface area contributed by atoms with Gasteiger partial charge in [-0.05, 0) is 56.6 Å². The Hall–Kier alpha value is -3.64. The Morgan fingerprint density at radius 2 is 1.89 bits per heavy atom. The smallest absolute Gasteiger partial charge is 0.223 e. The Kier molecular flexibility index (Phi) is 8.44. The number of fused-ring (bicyclic) bond motifs is 1. The molecule has 9 heteroatoms. The summed E-state index contributed by atoms with van der Waals surface area (Å²) in [5, 5.41) is 12.9. The van der Waals surface area contributed by atoms with Crippen LogP contribution in [0.25, 0.3) is 16.9 Å². The molecule has 37 heavy (non-hydrogen) atoms. The molecular weight excluding hydrogens is 471 g/mol. The number of hydrogen-bond acceptors (Lipinski definition) is 6. The van der Waals surface area contributed by atoms with Crippen LogP contribution in [0.4, 0.5) is 4.39 Å². The maximum atomic E-state index is 13.1. The molecule has 1 aliphatic rings. The van der Waals surface area contributed by atoms with Gasteiger partial charge in [0.05, 0.1) is 18.0 Å². The van der Waals surface area contributed by atoms with Crippen LogP contribution in [0.1, 0.15) is 63.5 Å². The van der Waals surface area contributed by atoms with Gasteiger partial charge in [0.15, 0.2) is 11.9 Å². The molecule has 196 valence electrons. The number of aromatic nitrogens is 3. The first-order chi connectivity index (χ1) is 17.4. The number of piperazine rings is 1. The number of carbonyl (C=O) groups excluding carboxylic acids is 2. The Morgan fingerprint density at radius 3 is 2.46 bits per heavy atom. The SMILES string of the molecule is CC(C)(C)c1cc(-c2ccc(F)cc2)nn2cc(C=O)nc12.CN1CCN(C(=O)CCC#N)CC1(C)C. The highest BCUT2D eigenvalue weighted by Crippen LogP contribution is 2.29. The summed E-state index contributed by atoms with van der Waals surface area (Å²) in [5.74, 6) is -0.176. The molecule has 0 unspecified atom stereocenters. The molecule has 3 heterocycles. The summed E-state index contributed by atoms with van der Waals surface area (Å²) in [6.07, 6.45) is 2.99. The molecular formula is C28H35FN6O2. The van der Waals surface area contributed by atoms with Crippen LogP contribution in [-0.4, -0.2) is 68.8 Å². The molecule has 1 fully saturated rings. The first-order valence-corrected chi connectivity index (χ1v) is 12.3. The summed E-state index contributed by atoms with van der Waals surface area (Å²) >= 11 is 0. The second kappa shape index (κ2) is 11.2. The molecule has 0 atom stereocenters. The van der Waals surface area contributed by atoms with Crippen LogP contribution in [-0.2, 0) is 10.2 Å². The number of amides is 1. The van der Waals surface area contributed by atoms with Gasteiger partial charge in [0.1, 0.15) is 11.5 Å². The number of nitriles is 1.